The van der Waals surface area contributed by atoms with Crippen LogP contribution in [0, 0.1) is 0 Å². The van der Waals surface area contributed by atoms with Gasteiger partial charge in [-0.2, -0.15) is 0 Å². The number of esters is 1. The monoisotopic (exact) mass is 258 g/mol. The molecule has 0 aromatic heterocycles. The van der Waals surface area contributed by atoms with Gasteiger partial charge in [0.25, 0.3) is 0 Å². The lowest BCUT2D eigenvalue weighted by molar-refractivity contribution is -0.145. The predicted molar refractivity (Wildman–Crippen MR) is 70.6 cm³/mol. The van der Waals surface area contributed by atoms with Gasteiger partial charge in [-0.1, -0.05) is 13.8 Å². The largest absolute Gasteiger partial charge is 0.465 e. The standard InChI is InChI=1S/C13H26N2O3/c1-4-14-7-8-18-12(9-14)10-15(5-2)11-13(16)17-6-3/h12H,4-11H2,1-3H3. The average molecular weight is 258 g/mol. The maximum absolute atomic E-state index is 11.5. The summed E-state index contributed by atoms with van der Waals surface area (Å²) in [4.78, 5) is 15.9. The number of morpholine rings is 1. The van der Waals surface area contributed by atoms with Gasteiger partial charge in [-0.25, -0.2) is 0 Å². The molecule has 1 saturated heterocycles. The van der Waals surface area contributed by atoms with Crippen molar-refractivity contribution in [2.45, 2.75) is 26.9 Å². The summed E-state index contributed by atoms with van der Waals surface area (Å²) in [7, 11) is 0. The average Bonchev–Trinajstić information content (AvgIpc) is 2.38. The van der Waals surface area contributed by atoms with Crippen LogP contribution in [0.4, 0.5) is 0 Å². The molecule has 0 aromatic rings. The summed E-state index contributed by atoms with van der Waals surface area (Å²) in [6.45, 7) is 12.3. The van der Waals surface area contributed by atoms with E-state index in [2.05, 4.69) is 23.6 Å². The number of hydrogen-bond donors (Lipinski definition) is 0. The molecule has 1 rings (SSSR count). The lowest BCUT2D eigenvalue weighted by Gasteiger charge is -2.34. The molecule has 18 heavy (non-hydrogen) atoms. The van der Waals surface area contributed by atoms with Crippen LogP contribution in [0.5, 0.6) is 0 Å². The molecule has 5 heteroatoms. The first-order chi connectivity index (χ1) is 8.69. The fraction of sp³-hybridized carbons (Fsp3) is 0.923. The fourth-order valence-corrected chi connectivity index (χ4v) is 2.16. The Morgan fingerprint density at radius 3 is 2.83 bits per heavy atom. The van der Waals surface area contributed by atoms with E-state index in [1.807, 2.05) is 6.92 Å². The molecule has 0 saturated carbocycles. The number of carbonyl (C=O) groups excluding carboxylic acids is 1. The van der Waals surface area contributed by atoms with Crippen LogP contribution in [0.25, 0.3) is 0 Å². The Labute approximate surface area is 110 Å². The first kappa shape index (κ1) is 15.4. The second kappa shape index (κ2) is 8.45. The maximum atomic E-state index is 11.5. The molecule has 0 bridgehead atoms. The van der Waals surface area contributed by atoms with E-state index >= 15 is 0 Å². The number of hydrogen-bond acceptors (Lipinski definition) is 5. The molecule has 0 spiro atoms. The number of likely N-dealkylation sites (N-methyl/N-ethyl adjacent to an activating group) is 2. The first-order valence-corrected chi connectivity index (χ1v) is 6.91. The topological polar surface area (TPSA) is 42.0 Å². The van der Waals surface area contributed by atoms with Crippen LogP contribution in [0.15, 0.2) is 0 Å². The molecule has 1 aliphatic rings. The fourth-order valence-electron chi connectivity index (χ4n) is 2.16. The van der Waals surface area contributed by atoms with E-state index in [0.717, 1.165) is 39.3 Å². The first-order valence-electron chi connectivity index (χ1n) is 6.91. The zero-order valence-electron chi connectivity index (χ0n) is 11.9. The third-order valence-electron chi connectivity index (χ3n) is 3.24. The highest BCUT2D eigenvalue weighted by molar-refractivity contribution is 5.71. The van der Waals surface area contributed by atoms with Gasteiger partial charge in [0.15, 0.2) is 0 Å². The van der Waals surface area contributed by atoms with E-state index in [4.69, 9.17) is 9.47 Å². The van der Waals surface area contributed by atoms with Gasteiger partial charge in [0, 0.05) is 19.6 Å². The van der Waals surface area contributed by atoms with Crippen molar-refractivity contribution >= 4 is 5.97 Å². The molecule has 0 aliphatic carbocycles. The Bertz CT molecular complexity index is 248. The van der Waals surface area contributed by atoms with Crippen molar-refractivity contribution < 1.29 is 14.3 Å². The van der Waals surface area contributed by atoms with Crippen LogP contribution in [0.3, 0.4) is 0 Å². The Balaban J connectivity index is 2.35. The SMILES string of the molecule is CCOC(=O)CN(CC)CC1CN(CC)CCO1. The summed E-state index contributed by atoms with van der Waals surface area (Å²) < 4.78 is 10.7. The lowest BCUT2D eigenvalue weighted by Crippen LogP contribution is -2.48. The van der Waals surface area contributed by atoms with Crippen LogP contribution in [-0.4, -0.2) is 74.4 Å². The zero-order valence-corrected chi connectivity index (χ0v) is 11.9. The van der Waals surface area contributed by atoms with Crippen LogP contribution < -0.4 is 0 Å². The van der Waals surface area contributed by atoms with E-state index in [9.17, 15) is 4.79 Å². The highest BCUT2D eigenvalue weighted by Gasteiger charge is 2.22. The number of carbonyl (C=O) groups is 1. The van der Waals surface area contributed by atoms with Crippen molar-refractivity contribution in [3.8, 4) is 0 Å². The summed E-state index contributed by atoms with van der Waals surface area (Å²) in [5.41, 5.74) is 0. The molecule has 1 atom stereocenters. The van der Waals surface area contributed by atoms with E-state index < -0.39 is 0 Å². The van der Waals surface area contributed by atoms with Crippen molar-refractivity contribution in [1.82, 2.24) is 9.80 Å². The molecule has 0 amide bonds. The van der Waals surface area contributed by atoms with Crippen molar-refractivity contribution in [1.29, 1.82) is 0 Å². The number of ether oxygens (including phenoxy) is 2. The maximum Gasteiger partial charge on any atom is 0.320 e. The highest BCUT2D eigenvalue weighted by Crippen LogP contribution is 2.06. The quantitative estimate of drug-likeness (QED) is 0.625. The van der Waals surface area contributed by atoms with Gasteiger partial charge < -0.3 is 9.47 Å². The van der Waals surface area contributed by atoms with E-state index in [-0.39, 0.29) is 12.1 Å². The van der Waals surface area contributed by atoms with Crippen molar-refractivity contribution in [3.05, 3.63) is 0 Å². The molecule has 0 aromatic carbocycles. The summed E-state index contributed by atoms with van der Waals surface area (Å²) >= 11 is 0. The van der Waals surface area contributed by atoms with Crippen LogP contribution >= 0.6 is 0 Å². The van der Waals surface area contributed by atoms with E-state index in [1.165, 1.54) is 0 Å². The summed E-state index contributed by atoms with van der Waals surface area (Å²) in [5, 5.41) is 0. The molecule has 1 heterocycles. The molecule has 106 valence electrons. The molecule has 0 N–H and O–H groups in total. The minimum Gasteiger partial charge on any atom is -0.465 e. The Morgan fingerprint density at radius 2 is 2.22 bits per heavy atom. The van der Waals surface area contributed by atoms with Crippen LogP contribution in [0.2, 0.25) is 0 Å². The second-order valence-corrected chi connectivity index (χ2v) is 4.52. The minimum atomic E-state index is -0.150. The van der Waals surface area contributed by atoms with Crippen molar-refractivity contribution in [2.24, 2.45) is 0 Å². The summed E-state index contributed by atoms with van der Waals surface area (Å²) in [6, 6.07) is 0. The Morgan fingerprint density at radius 1 is 1.44 bits per heavy atom. The van der Waals surface area contributed by atoms with Gasteiger partial charge in [-0.15, -0.1) is 0 Å². The molecular formula is C13H26N2O3. The van der Waals surface area contributed by atoms with Gasteiger partial charge in [0.05, 0.1) is 25.9 Å². The number of rotatable bonds is 7. The summed E-state index contributed by atoms with van der Waals surface area (Å²) in [5.74, 6) is -0.150. The molecule has 5 nitrogen and oxygen atoms in total. The predicted octanol–water partition coefficient (Wildman–Crippen LogP) is 0.592. The molecular weight excluding hydrogens is 232 g/mol. The third kappa shape index (κ3) is 5.33. The van der Waals surface area contributed by atoms with Gasteiger partial charge in [-0.3, -0.25) is 14.6 Å². The molecule has 1 aliphatic heterocycles. The lowest BCUT2D eigenvalue weighted by atomic mass is 10.2. The zero-order chi connectivity index (χ0) is 13.4. The van der Waals surface area contributed by atoms with Gasteiger partial charge in [0.2, 0.25) is 0 Å². The molecule has 0 radical (unpaired) electrons. The highest BCUT2D eigenvalue weighted by atomic mass is 16.5. The van der Waals surface area contributed by atoms with Crippen LogP contribution in [-0.2, 0) is 14.3 Å². The van der Waals surface area contributed by atoms with E-state index in [0.29, 0.717) is 13.2 Å². The van der Waals surface area contributed by atoms with Gasteiger partial charge in [0.1, 0.15) is 0 Å². The van der Waals surface area contributed by atoms with Gasteiger partial charge in [-0.05, 0) is 20.0 Å². The van der Waals surface area contributed by atoms with Crippen LogP contribution in [0.1, 0.15) is 20.8 Å². The smallest absolute Gasteiger partial charge is 0.320 e. The third-order valence-corrected chi connectivity index (χ3v) is 3.24. The van der Waals surface area contributed by atoms with Crippen molar-refractivity contribution in [3.63, 3.8) is 0 Å². The van der Waals surface area contributed by atoms with Crippen molar-refractivity contribution in [2.75, 3.05) is 52.5 Å². The Kier molecular flexibility index (Phi) is 7.23. The Hall–Kier alpha value is -0.650. The van der Waals surface area contributed by atoms with E-state index in [1.54, 1.807) is 0 Å². The van der Waals surface area contributed by atoms with Gasteiger partial charge >= 0.3 is 5.97 Å². The molecule has 1 unspecified atom stereocenters. The normalized spacial score (nSPS) is 21.2. The second-order valence-electron chi connectivity index (χ2n) is 4.52. The summed E-state index contributed by atoms with van der Waals surface area (Å²) in [6.07, 6.45) is 0.202. The molecule has 1 fully saturated rings. The minimum absolute atomic E-state index is 0.150. The number of nitrogens with zero attached hydrogens (tertiary/aromatic N) is 2.